The van der Waals surface area contributed by atoms with E-state index in [1.54, 1.807) is 6.21 Å². The molecule has 0 bridgehead atoms. The van der Waals surface area contributed by atoms with Crippen molar-refractivity contribution in [3.05, 3.63) is 50.2 Å². The maximum absolute atomic E-state index is 10.6. The normalized spacial score (nSPS) is 10.9. The highest BCUT2D eigenvalue weighted by Crippen LogP contribution is 2.30. The summed E-state index contributed by atoms with van der Waals surface area (Å²) in [6.45, 7) is 1.95. The highest BCUT2D eigenvalue weighted by Gasteiger charge is 2.09. The number of aryl methyl sites for hydroxylation is 1. The number of non-ortho nitro benzene ring substituents is 1. The van der Waals surface area contributed by atoms with Crippen LogP contribution in [0.25, 0.3) is 0 Å². The SMILES string of the molecule is Cc1ccsc1/C=N/c1cc([N+](=O)[O-])ccc1O. The van der Waals surface area contributed by atoms with E-state index in [4.69, 9.17) is 0 Å². The number of phenols is 1. The average Bonchev–Trinajstić information content (AvgIpc) is 2.73. The van der Waals surface area contributed by atoms with Crippen LogP contribution in [0.2, 0.25) is 0 Å². The Kier molecular flexibility index (Phi) is 3.38. The number of rotatable bonds is 3. The Bertz CT molecular complexity index is 620. The molecule has 0 saturated carbocycles. The van der Waals surface area contributed by atoms with E-state index in [1.165, 1.54) is 29.5 Å². The Morgan fingerprint density at radius 3 is 2.83 bits per heavy atom. The van der Waals surface area contributed by atoms with Gasteiger partial charge in [0.1, 0.15) is 11.4 Å². The lowest BCUT2D eigenvalue weighted by Gasteiger charge is -1.98. The molecule has 0 atom stereocenters. The summed E-state index contributed by atoms with van der Waals surface area (Å²) in [6.07, 6.45) is 1.60. The van der Waals surface area contributed by atoms with Crippen molar-refractivity contribution in [2.45, 2.75) is 6.92 Å². The zero-order valence-electron chi connectivity index (χ0n) is 9.53. The fourth-order valence-electron chi connectivity index (χ4n) is 1.37. The smallest absolute Gasteiger partial charge is 0.271 e. The number of phenolic OH excluding ortho intramolecular Hbond substituents is 1. The minimum atomic E-state index is -0.519. The van der Waals surface area contributed by atoms with Crippen molar-refractivity contribution in [3.63, 3.8) is 0 Å². The van der Waals surface area contributed by atoms with Gasteiger partial charge in [-0.2, -0.15) is 0 Å². The summed E-state index contributed by atoms with van der Waals surface area (Å²) >= 11 is 1.52. The van der Waals surface area contributed by atoms with Crippen molar-refractivity contribution in [2.75, 3.05) is 0 Å². The monoisotopic (exact) mass is 262 g/mol. The van der Waals surface area contributed by atoms with Crippen LogP contribution in [-0.2, 0) is 0 Å². The summed E-state index contributed by atoms with van der Waals surface area (Å²) in [5, 5.41) is 22.1. The van der Waals surface area contributed by atoms with Gasteiger partial charge in [-0.05, 0) is 30.0 Å². The molecule has 6 heteroatoms. The van der Waals surface area contributed by atoms with E-state index in [9.17, 15) is 15.2 Å². The van der Waals surface area contributed by atoms with Gasteiger partial charge in [0, 0.05) is 23.2 Å². The molecular formula is C12H10N2O3S. The van der Waals surface area contributed by atoms with Crippen LogP contribution in [0.1, 0.15) is 10.4 Å². The Balaban J connectivity index is 2.34. The average molecular weight is 262 g/mol. The summed E-state index contributed by atoms with van der Waals surface area (Å²) in [4.78, 5) is 15.1. The van der Waals surface area contributed by atoms with Crippen molar-refractivity contribution in [2.24, 2.45) is 4.99 Å². The number of nitrogens with zero attached hydrogens (tertiary/aromatic N) is 2. The minimum Gasteiger partial charge on any atom is -0.506 e. The quantitative estimate of drug-likeness (QED) is 0.523. The van der Waals surface area contributed by atoms with Gasteiger partial charge in [-0.15, -0.1) is 11.3 Å². The van der Waals surface area contributed by atoms with E-state index in [2.05, 4.69) is 4.99 Å². The third-order valence-corrected chi connectivity index (χ3v) is 3.35. The summed E-state index contributed by atoms with van der Waals surface area (Å²) < 4.78 is 0. The van der Waals surface area contributed by atoms with Crippen molar-refractivity contribution in [1.82, 2.24) is 0 Å². The van der Waals surface area contributed by atoms with Gasteiger partial charge in [0.15, 0.2) is 0 Å². The van der Waals surface area contributed by atoms with Gasteiger partial charge in [-0.25, -0.2) is 0 Å². The van der Waals surface area contributed by atoms with Crippen molar-refractivity contribution >= 4 is 28.9 Å². The fourth-order valence-corrected chi connectivity index (χ4v) is 2.16. The van der Waals surface area contributed by atoms with E-state index in [0.717, 1.165) is 10.4 Å². The van der Waals surface area contributed by atoms with Crippen LogP contribution in [0, 0.1) is 17.0 Å². The number of nitro groups is 1. The molecule has 0 spiro atoms. The lowest BCUT2D eigenvalue weighted by molar-refractivity contribution is -0.384. The van der Waals surface area contributed by atoms with Gasteiger partial charge in [-0.1, -0.05) is 0 Å². The maximum atomic E-state index is 10.6. The predicted molar refractivity (Wildman–Crippen MR) is 71.1 cm³/mol. The molecular weight excluding hydrogens is 252 g/mol. The second kappa shape index (κ2) is 4.97. The summed E-state index contributed by atoms with van der Waals surface area (Å²) in [7, 11) is 0. The van der Waals surface area contributed by atoms with Gasteiger partial charge in [0.05, 0.1) is 4.92 Å². The minimum absolute atomic E-state index is 0.0777. The molecule has 0 radical (unpaired) electrons. The van der Waals surface area contributed by atoms with Crippen LogP contribution in [0.4, 0.5) is 11.4 Å². The molecule has 2 aromatic rings. The molecule has 1 N–H and O–H groups in total. The molecule has 0 saturated heterocycles. The van der Waals surface area contributed by atoms with Crippen molar-refractivity contribution < 1.29 is 10.0 Å². The first-order valence-corrected chi connectivity index (χ1v) is 6.01. The molecule has 0 amide bonds. The number of benzene rings is 1. The first-order valence-electron chi connectivity index (χ1n) is 5.13. The van der Waals surface area contributed by atoms with Crippen LogP contribution < -0.4 is 0 Å². The summed E-state index contributed by atoms with van der Waals surface area (Å²) in [5.74, 6) is -0.0777. The molecule has 92 valence electrons. The number of hydrogen-bond donors (Lipinski definition) is 1. The molecule has 0 aliphatic carbocycles. The van der Waals surface area contributed by atoms with Crippen LogP contribution in [0.15, 0.2) is 34.6 Å². The highest BCUT2D eigenvalue weighted by atomic mass is 32.1. The number of hydrogen-bond acceptors (Lipinski definition) is 5. The van der Waals surface area contributed by atoms with Crippen LogP contribution in [0.5, 0.6) is 5.75 Å². The molecule has 0 aliphatic rings. The third kappa shape index (κ3) is 2.54. The zero-order valence-corrected chi connectivity index (χ0v) is 10.3. The van der Waals surface area contributed by atoms with E-state index < -0.39 is 4.92 Å². The Morgan fingerprint density at radius 1 is 1.44 bits per heavy atom. The molecule has 0 aliphatic heterocycles. The lowest BCUT2D eigenvalue weighted by Crippen LogP contribution is -1.86. The zero-order chi connectivity index (χ0) is 13.1. The summed E-state index contributed by atoms with van der Waals surface area (Å²) in [6, 6.07) is 5.71. The van der Waals surface area contributed by atoms with E-state index in [0.29, 0.717) is 0 Å². The van der Waals surface area contributed by atoms with Crippen LogP contribution >= 0.6 is 11.3 Å². The molecule has 0 fully saturated rings. The van der Waals surface area contributed by atoms with Crippen LogP contribution in [0.3, 0.4) is 0 Å². The molecule has 0 unspecified atom stereocenters. The molecule has 2 rings (SSSR count). The Hall–Kier alpha value is -2.21. The predicted octanol–water partition coefficient (Wildman–Crippen LogP) is 3.42. The third-order valence-electron chi connectivity index (χ3n) is 2.39. The molecule has 1 aromatic carbocycles. The number of aliphatic imine (C=N–C) groups is 1. The molecule has 5 nitrogen and oxygen atoms in total. The van der Waals surface area contributed by atoms with Gasteiger partial charge < -0.3 is 5.11 Å². The van der Waals surface area contributed by atoms with Gasteiger partial charge in [-0.3, -0.25) is 15.1 Å². The largest absolute Gasteiger partial charge is 0.506 e. The highest BCUT2D eigenvalue weighted by molar-refractivity contribution is 7.11. The maximum Gasteiger partial charge on any atom is 0.271 e. The standard InChI is InChI=1S/C12H10N2O3S/c1-8-4-5-18-12(8)7-13-10-6-9(14(16)17)2-3-11(10)15/h2-7,15H,1H3/b13-7+. The molecule has 1 heterocycles. The van der Waals surface area contributed by atoms with Crippen molar-refractivity contribution in [3.8, 4) is 5.75 Å². The second-order valence-corrected chi connectivity index (χ2v) is 4.60. The number of aromatic hydroxyl groups is 1. The van der Waals surface area contributed by atoms with Gasteiger partial charge in [0.2, 0.25) is 0 Å². The van der Waals surface area contributed by atoms with Crippen molar-refractivity contribution in [1.29, 1.82) is 0 Å². The lowest BCUT2D eigenvalue weighted by atomic mass is 10.2. The van der Waals surface area contributed by atoms with Gasteiger partial charge >= 0.3 is 0 Å². The fraction of sp³-hybridized carbons (Fsp3) is 0.0833. The topological polar surface area (TPSA) is 75.7 Å². The van der Waals surface area contributed by atoms with E-state index in [-0.39, 0.29) is 17.1 Å². The van der Waals surface area contributed by atoms with E-state index in [1.807, 2.05) is 18.4 Å². The molecule has 1 aromatic heterocycles. The molecule has 18 heavy (non-hydrogen) atoms. The van der Waals surface area contributed by atoms with Crippen LogP contribution in [-0.4, -0.2) is 16.2 Å². The Morgan fingerprint density at radius 2 is 2.22 bits per heavy atom. The van der Waals surface area contributed by atoms with Gasteiger partial charge in [0.25, 0.3) is 5.69 Å². The second-order valence-electron chi connectivity index (χ2n) is 3.66. The Labute approximate surface area is 107 Å². The van der Waals surface area contributed by atoms with E-state index >= 15 is 0 Å². The first kappa shape index (κ1) is 12.3. The number of thiophene rings is 1. The summed E-state index contributed by atoms with van der Waals surface area (Å²) in [5.41, 5.74) is 1.17. The number of nitro benzene ring substituents is 1. The first-order chi connectivity index (χ1) is 8.58.